The van der Waals surface area contributed by atoms with Crippen LogP contribution in [0.2, 0.25) is 0 Å². The second-order valence-corrected chi connectivity index (χ2v) is 5.01. The van der Waals surface area contributed by atoms with E-state index in [1.165, 1.54) is 7.11 Å². The summed E-state index contributed by atoms with van der Waals surface area (Å²) in [5.74, 6) is 0.900. The minimum atomic E-state index is -0.873. The Morgan fingerprint density at radius 3 is 2.40 bits per heavy atom. The number of benzene rings is 1. The summed E-state index contributed by atoms with van der Waals surface area (Å²) in [5, 5.41) is 2.80. The molecule has 0 aromatic heterocycles. The Kier molecular flexibility index (Phi) is 5.33. The van der Waals surface area contributed by atoms with Crippen molar-refractivity contribution in [2.24, 2.45) is 11.1 Å². The number of carbonyl (C=O) groups excluding carboxylic acids is 1. The lowest BCUT2D eigenvalue weighted by molar-refractivity contribution is -0.121. The van der Waals surface area contributed by atoms with Crippen molar-refractivity contribution in [3.63, 3.8) is 0 Å². The van der Waals surface area contributed by atoms with Crippen LogP contribution in [0.15, 0.2) is 18.2 Å². The number of nitrogens with one attached hydrogen (secondary N) is 1. The highest BCUT2D eigenvalue weighted by Gasteiger charge is 2.34. The normalized spacial score (nSPS) is 13.2. The maximum absolute atomic E-state index is 12.3. The molecule has 3 N–H and O–H groups in total. The van der Waals surface area contributed by atoms with Gasteiger partial charge in [-0.3, -0.25) is 4.79 Å². The fraction of sp³-hybridized carbons (Fsp3) is 0.429. The molecule has 0 saturated carbocycles. The van der Waals surface area contributed by atoms with E-state index in [1.54, 1.807) is 32.2 Å². The molecule has 0 heterocycles. The van der Waals surface area contributed by atoms with Crippen molar-refractivity contribution in [3.8, 4) is 11.5 Å². The van der Waals surface area contributed by atoms with Crippen LogP contribution in [0.25, 0.3) is 0 Å². The number of nitrogens with two attached hydrogens (primary N) is 1. The summed E-state index contributed by atoms with van der Waals surface area (Å²) in [6.45, 7) is 3.60. The lowest BCUT2D eigenvalue weighted by atomic mass is 9.86. The standard InChI is InChI=1S/C14H20N2O3S/c1-5-14(2,12(15)20)13(17)16-9-6-7-10(18-3)11(8-9)19-4/h6-8H,5H2,1-4H3,(H2,15,20)(H,16,17). The molecule has 110 valence electrons. The summed E-state index contributed by atoms with van der Waals surface area (Å²) in [6.07, 6.45) is 0.529. The zero-order chi connectivity index (χ0) is 15.3. The van der Waals surface area contributed by atoms with Crippen molar-refractivity contribution in [1.82, 2.24) is 0 Å². The molecule has 20 heavy (non-hydrogen) atoms. The van der Waals surface area contributed by atoms with Gasteiger partial charge in [0.1, 0.15) is 0 Å². The van der Waals surface area contributed by atoms with E-state index in [0.29, 0.717) is 23.6 Å². The van der Waals surface area contributed by atoms with Gasteiger partial charge in [0.15, 0.2) is 11.5 Å². The molecule has 0 bridgehead atoms. The van der Waals surface area contributed by atoms with Crippen molar-refractivity contribution in [2.45, 2.75) is 20.3 Å². The Labute approximate surface area is 124 Å². The van der Waals surface area contributed by atoms with Gasteiger partial charge in [-0.05, 0) is 25.5 Å². The molecule has 1 amide bonds. The van der Waals surface area contributed by atoms with Crippen LogP contribution in [0.4, 0.5) is 5.69 Å². The van der Waals surface area contributed by atoms with Crippen LogP contribution in [-0.4, -0.2) is 25.1 Å². The number of carbonyl (C=O) groups is 1. The first-order valence-electron chi connectivity index (χ1n) is 6.22. The molecule has 0 radical (unpaired) electrons. The van der Waals surface area contributed by atoms with Gasteiger partial charge in [-0.2, -0.15) is 0 Å². The largest absolute Gasteiger partial charge is 0.493 e. The van der Waals surface area contributed by atoms with Crippen LogP contribution in [0, 0.1) is 5.41 Å². The van der Waals surface area contributed by atoms with E-state index in [9.17, 15) is 4.79 Å². The van der Waals surface area contributed by atoms with Crippen molar-refractivity contribution < 1.29 is 14.3 Å². The van der Waals surface area contributed by atoms with E-state index >= 15 is 0 Å². The van der Waals surface area contributed by atoms with Gasteiger partial charge in [-0.25, -0.2) is 0 Å². The topological polar surface area (TPSA) is 73.6 Å². The monoisotopic (exact) mass is 296 g/mol. The summed E-state index contributed by atoms with van der Waals surface area (Å²) < 4.78 is 10.3. The first kappa shape index (κ1) is 16.2. The van der Waals surface area contributed by atoms with Crippen molar-refractivity contribution in [3.05, 3.63) is 18.2 Å². The minimum Gasteiger partial charge on any atom is -0.493 e. The average Bonchev–Trinajstić information content (AvgIpc) is 2.45. The molecular formula is C14H20N2O3S. The summed E-state index contributed by atoms with van der Waals surface area (Å²) >= 11 is 4.98. The first-order valence-corrected chi connectivity index (χ1v) is 6.63. The predicted molar refractivity (Wildman–Crippen MR) is 83.4 cm³/mol. The van der Waals surface area contributed by atoms with Gasteiger partial charge in [-0.15, -0.1) is 0 Å². The van der Waals surface area contributed by atoms with Gasteiger partial charge in [0.2, 0.25) is 5.91 Å². The fourth-order valence-corrected chi connectivity index (χ4v) is 1.87. The van der Waals surface area contributed by atoms with E-state index in [0.717, 1.165) is 0 Å². The molecule has 0 aliphatic carbocycles. The quantitative estimate of drug-likeness (QED) is 0.788. The molecule has 0 aliphatic heterocycles. The molecule has 1 aromatic rings. The van der Waals surface area contributed by atoms with Crippen LogP contribution < -0.4 is 20.5 Å². The third-order valence-corrected chi connectivity index (χ3v) is 3.84. The summed E-state index contributed by atoms with van der Waals surface area (Å²) in [5.41, 5.74) is 5.39. The smallest absolute Gasteiger partial charge is 0.237 e. The van der Waals surface area contributed by atoms with E-state index < -0.39 is 5.41 Å². The number of hydrogen-bond donors (Lipinski definition) is 2. The lowest BCUT2D eigenvalue weighted by Gasteiger charge is -2.25. The van der Waals surface area contributed by atoms with Gasteiger partial charge in [-0.1, -0.05) is 19.1 Å². The molecule has 6 heteroatoms. The Morgan fingerprint density at radius 1 is 1.35 bits per heavy atom. The molecule has 0 fully saturated rings. The highest BCUT2D eigenvalue weighted by molar-refractivity contribution is 7.80. The molecule has 0 aliphatic rings. The zero-order valence-corrected chi connectivity index (χ0v) is 13.0. The Morgan fingerprint density at radius 2 is 1.95 bits per heavy atom. The Balaban J connectivity index is 2.99. The summed E-state index contributed by atoms with van der Waals surface area (Å²) in [6, 6.07) is 5.14. The van der Waals surface area contributed by atoms with Gasteiger partial charge in [0, 0.05) is 11.8 Å². The Bertz CT molecular complexity index is 519. The van der Waals surface area contributed by atoms with Gasteiger partial charge in [0.05, 0.1) is 24.6 Å². The number of thiocarbonyl (C=S) groups is 1. The van der Waals surface area contributed by atoms with Crippen LogP contribution in [0.5, 0.6) is 11.5 Å². The number of hydrogen-bond acceptors (Lipinski definition) is 4. The average molecular weight is 296 g/mol. The van der Waals surface area contributed by atoms with E-state index in [2.05, 4.69) is 5.32 Å². The maximum atomic E-state index is 12.3. The van der Waals surface area contributed by atoms with Gasteiger partial charge >= 0.3 is 0 Å². The fourth-order valence-electron chi connectivity index (χ4n) is 1.63. The van der Waals surface area contributed by atoms with Crippen molar-refractivity contribution >= 4 is 28.8 Å². The molecular weight excluding hydrogens is 276 g/mol. The predicted octanol–water partition coefficient (Wildman–Crippen LogP) is 2.34. The number of anilines is 1. The summed E-state index contributed by atoms with van der Waals surface area (Å²) in [7, 11) is 3.09. The minimum absolute atomic E-state index is 0.179. The third kappa shape index (κ3) is 3.19. The highest BCUT2D eigenvalue weighted by atomic mass is 32.1. The molecule has 0 spiro atoms. The number of amides is 1. The van der Waals surface area contributed by atoms with E-state index in [1.807, 2.05) is 6.92 Å². The van der Waals surface area contributed by atoms with Gasteiger partial charge < -0.3 is 20.5 Å². The number of rotatable bonds is 6. The third-order valence-electron chi connectivity index (χ3n) is 3.39. The molecule has 1 atom stereocenters. The van der Waals surface area contributed by atoms with Crippen molar-refractivity contribution in [2.75, 3.05) is 19.5 Å². The number of methoxy groups -OCH3 is 2. The first-order chi connectivity index (χ1) is 9.38. The second-order valence-electron chi connectivity index (χ2n) is 4.57. The second kappa shape index (κ2) is 6.56. The summed E-state index contributed by atoms with van der Waals surface area (Å²) in [4.78, 5) is 12.5. The molecule has 5 nitrogen and oxygen atoms in total. The lowest BCUT2D eigenvalue weighted by Crippen LogP contribution is -2.43. The molecule has 0 saturated heterocycles. The van der Waals surface area contributed by atoms with Crippen LogP contribution in [0.1, 0.15) is 20.3 Å². The zero-order valence-electron chi connectivity index (χ0n) is 12.1. The van der Waals surface area contributed by atoms with Crippen LogP contribution in [-0.2, 0) is 4.79 Å². The number of ether oxygens (including phenoxy) is 2. The van der Waals surface area contributed by atoms with E-state index in [4.69, 9.17) is 27.4 Å². The van der Waals surface area contributed by atoms with Gasteiger partial charge in [0.25, 0.3) is 0 Å². The molecule has 1 rings (SSSR count). The molecule has 1 aromatic carbocycles. The SMILES string of the molecule is CCC(C)(C(=O)Nc1ccc(OC)c(OC)c1)C(N)=S. The molecule has 1 unspecified atom stereocenters. The Hall–Kier alpha value is -1.82. The van der Waals surface area contributed by atoms with Crippen molar-refractivity contribution in [1.29, 1.82) is 0 Å². The maximum Gasteiger partial charge on any atom is 0.237 e. The van der Waals surface area contributed by atoms with Crippen LogP contribution >= 0.6 is 12.2 Å². The highest BCUT2D eigenvalue weighted by Crippen LogP contribution is 2.31. The van der Waals surface area contributed by atoms with Crippen LogP contribution in [0.3, 0.4) is 0 Å². The van der Waals surface area contributed by atoms with E-state index in [-0.39, 0.29) is 10.9 Å².